The Morgan fingerprint density at radius 2 is 1.63 bits per heavy atom. The molecule has 0 aromatic heterocycles. The van der Waals surface area contributed by atoms with Crippen molar-refractivity contribution in [1.82, 2.24) is 9.80 Å². The van der Waals surface area contributed by atoms with Crippen LogP contribution in [0.15, 0.2) is 0 Å². The molecule has 5 heteroatoms. The molecular formula is C14H28N2O3. The summed E-state index contributed by atoms with van der Waals surface area (Å²) in [5.74, 6) is -0.0669. The molecule has 0 spiro atoms. The van der Waals surface area contributed by atoms with E-state index in [1.165, 1.54) is 7.11 Å². The van der Waals surface area contributed by atoms with E-state index in [1.807, 2.05) is 32.8 Å². The fourth-order valence-corrected chi connectivity index (χ4v) is 1.88. The van der Waals surface area contributed by atoms with Crippen LogP contribution < -0.4 is 0 Å². The van der Waals surface area contributed by atoms with E-state index >= 15 is 0 Å². The summed E-state index contributed by atoms with van der Waals surface area (Å²) in [5.41, 5.74) is 0. The Kier molecular flexibility index (Phi) is 9.21. The summed E-state index contributed by atoms with van der Waals surface area (Å²) in [4.78, 5) is 27.4. The maximum atomic E-state index is 12.4. The van der Waals surface area contributed by atoms with E-state index in [4.69, 9.17) is 0 Å². The SMILES string of the molecule is CCC(CC)C(=O)N(CCC(=O)OC)CCN(C)C. The Morgan fingerprint density at radius 1 is 1.05 bits per heavy atom. The molecule has 19 heavy (non-hydrogen) atoms. The van der Waals surface area contributed by atoms with Gasteiger partial charge in [0.25, 0.3) is 0 Å². The third-order valence-corrected chi connectivity index (χ3v) is 3.28. The molecule has 0 bridgehead atoms. The molecule has 0 aliphatic heterocycles. The number of amides is 1. The maximum Gasteiger partial charge on any atom is 0.307 e. The van der Waals surface area contributed by atoms with Crippen LogP contribution in [-0.4, -0.2) is 62.5 Å². The van der Waals surface area contributed by atoms with E-state index in [1.54, 1.807) is 4.90 Å². The van der Waals surface area contributed by atoms with E-state index < -0.39 is 0 Å². The number of nitrogens with zero attached hydrogens (tertiary/aromatic N) is 2. The van der Waals surface area contributed by atoms with Crippen LogP contribution in [0.4, 0.5) is 0 Å². The Morgan fingerprint density at radius 3 is 2.05 bits per heavy atom. The van der Waals surface area contributed by atoms with Crippen molar-refractivity contribution in [3.05, 3.63) is 0 Å². The quantitative estimate of drug-likeness (QED) is 0.595. The van der Waals surface area contributed by atoms with Crippen LogP contribution >= 0.6 is 0 Å². The minimum Gasteiger partial charge on any atom is -0.469 e. The fraction of sp³-hybridized carbons (Fsp3) is 0.857. The lowest BCUT2D eigenvalue weighted by atomic mass is 10.0. The van der Waals surface area contributed by atoms with Gasteiger partial charge in [-0.15, -0.1) is 0 Å². The highest BCUT2D eigenvalue weighted by Crippen LogP contribution is 2.12. The van der Waals surface area contributed by atoms with Crippen LogP contribution in [0.2, 0.25) is 0 Å². The van der Waals surface area contributed by atoms with Crippen molar-refractivity contribution >= 4 is 11.9 Å². The zero-order valence-electron chi connectivity index (χ0n) is 12.9. The minimum atomic E-state index is -0.271. The smallest absolute Gasteiger partial charge is 0.307 e. The molecule has 0 aromatic rings. The summed E-state index contributed by atoms with van der Waals surface area (Å²) < 4.78 is 4.63. The zero-order chi connectivity index (χ0) is 14.8. The van der Waals surface area contributed by atoms with Crippen LogP contribution in [0.5, 0.6) is 0 Å². The van der Waals surface area contributed by atoms with Gasteiger partial charge in [-0.2, -0.15) is 0 Å². The van der Waals surface area contributed by atoms with Gasteiger partial charge in [-0.25, -0.2) is 0 Å². The lowest BCUT2D eigenvalue weighted by molar-refractivity contribution is -0.142. The molecule has 0 saturated carbocycles. The molecule has 0 N–H and O–H groups in total. The second kappa shape index (κ2) is 9.78. The number of carbonyl (C=O) groups excluding carboxylic acids is 2. The van der Waals surface area contributed by atoms with Crippen molar-refractivity contribution in [2.24, 2.45) is 5.92 Å². The number of carbonyl (C=O) groups is 2. The van der Waals surface area contributed by atoms with Gasteiger partial charge in [0.1, 0.15) is 0 Å². The Hall–Kier alpha value is -1.10. The lowest BCUT2D eigenvalue weighted by Gasteiger charge is -2.27. The standard InChI is InChI=1S/C14H28N2O3/c1-6-12(7-2)14(18)16(11-10-15(3)4)9-8-13(17)19-5/h12H,6-11H2,1-5H3. The van der Waals surface area contributed by atoms with Gasteiger partial charge in [0.15, 0.2) is 0 Å². The Balaban J connectivity index is 4.54. The van der Waals surface area contributed by atoms with E-state index in [0.29, 0.717) is 13.1 Å². The first-order valence-corrected chi connectivity index (χ1v) is 6.96. The molecular weight excluding hydrogens is 244 g/mol. The highest BCUT2D eigenvalue weighted by molar-refractivity contribution is 5.79. The first-order valence-electron chi connectivity index (χ1n) is 6.96. The molecule has 0 radical (unpaired) electrons. The summed E-state index contributed by atoms with van der Waals surface area (Å²) in [6.07, 6.45) is 1.94. The van der Waals surface area contributed by atoms with Crippen LogP contribution in [0.3, 0.4) is 0 Å². The van der Waals surface area contributed by atoms with Crippen LogP contribution in [0.25, 0.3) is 0 Å². The summed E-state index contributed by atoms with van der Waals surface area (Å²) in [7, 11) is 5.31. The zero-order valence-corrected chi connectivity index (χ0v) is 12.9. The Labute approximate surface area is 116 Å². The van der Waals surface area contributed by atoms with Crippen molar-refractivity contribution in [3.63, 3.8) is 0 Å². The summed E-state index contributed by atoms with van der Waals surface area (Å²) in [6.45, 7) is 5.94. The number of methoxy groups -OCH3 is 1. The first-order chi connectivity index (χ1) is 8.96. The van der Waals surface area contributed by atoms with Crippen LogP contribution in [-0.2, 0) is 14.3 Å². The monoisotopic (exact) mass is 272 g/mol. The topological polar surface area (TPSA) is 49.9 Å². The third-order valence-electron chi connectivity index (χ3n) is 3.28. The molecule has 0 aromatic carbocycles. The molecule has 0 heterocycles. The van der Waals surface area contributed by atoms with Gasteiger partial charge >= 0.3 is 5.97 Å². The van der Waals surface area contributed by atoms with E-state index in [2.05, 4.69) is 4.74 Å². The summed E-state index contributed by atoms with van der Waals surface area (Å²) in [6, 6.07) is 0. The van der Waals surface area contributed by atoms with Crippen molar-refractivity contribution < 1.29 is 14.3 Å². The number of esters is 1. The molecule has 0 fully saturated rings. The highest BCUT2D eigenvalue weighted by atomic mass is 16.5. The van der Waals surface area contributed by atoms with Gasteiger partial charge in [0.2, 0.25) is 5.91 Å². The Bertz CT molecular complexity index is 276. The van der Waals surface area contributed by atoms with Gasteiger partial charge in [0, 0.05) is 25.6 Å². The van der Waals surface area contributed by atoms with Crippen LogP contribution in [0, 0.1) is 5.92 Å². The summed E-state index contributed by atoms with van der Waals surface area (Å²) >= 11 is 0. The molecule has 0 aliphatic rings. The highest BCUT2D eigenvalue weighted by Gasteiger charge is 2.22. The van der Waals surface area contributed by atoms with Gasteiger partial charge in [-0.05, 0) is 26.9 Å². The largest absolute Gasteiger partial charge is 0.469 e. The van der Waals surface area contributed by atoms with E-state index in [9.17, 15) is 9.59 Å². The fourth-order valence-electron chi connectivity index (χ4n) is 1.88. The molecule has 1 amide bonds. The van der Waals surface area contributed by atoms with Gasteiger partial charge in [0.05, 0.1) is 13.5 Å². The van der Waals surface area contributed by atoms with Crippen molar-refractivity contribution in [2.45, 2.75) is 33.1 Å². The molecule has 0 atom stereocenters. The van der Waals surface area contributed by atoms with Gasteiger partial charge in [-0.3, -0.25) is 9.59 Å². The molecule has 0 aliphatic carbocycles. The van der Waals surface area contributed by atoms with Gasteiger partial charge in [-0.1, -0.05) is 13.8 Å². The van der Waals surface area contributed by atoms with Crippen LogP contribution in [0.1, 0.15) is 33.1 Å². The second-order valence-electron chi connectivity index (χ2n) is 4.97. The van der Waals surface area contributed by atoms with E-state index in [0.717, 1.165) is 19.4 Å². The number of hydrogen-bond acceptors (Lipinski definition) is 4. The minimum absolute atomic E-state index is 0.0554. The van der Waals surface area contributed by atoms with Crippen molar-refractivity contribution in [1.29, 1.82) is 0 Å². The number of hydrogen-bond donors (Lipinski definition) is 0. The third kappa shape index (κ3) is 7.15. The van der Waals surface area contributed by atoms with Crippen molar-refractivity contribution in [2.75, 3.05) is 40.8 Å². The average molecular weight is 272 g/mol. The van der Waals surface area contributed by atoms with E-state index in [-0.39, 0.29) is 24.2 Å². The first kappa shape index (κ1) is 17.9. The maximum absolute atomic E-state index is 12.4. The lowest BCUT2D eigenvalue weighted by Crippen LogP contribution is -2.41. The number of likely N-dealkylation sites (N-methyl/N-ethyl adjacent to an activating group) is 1. The molecule has 0 saturated heterocycles. The number of rotatable bonds is 9. The molecule has 0 rings (SSSR count). The molecule has 5 nitrogen and oxygen atoms in total. The normalized spacial score (nSPS) is 10.9. The average Bonchev–Trinajstić information content (AvgIpc) is 2.39. The van der Waals surface area contributed by atoms with Gasteiger partial charge < -0.3 is 14.5 Å². The second-order valence-corrected chi connectivity index (χ2v) is 4.97. The summed E-state index contributed by atoms with van der Waals surface area (Å²) in [5, 5.41) is 0. The molecule has 0 unspecified atom stereocenters. The number of ether oxygens (including phenoxy) is 1. The predicted molar refractivity (Wildman–Crippen MR) is 75.8 cm³/mol. The predicted octanol–water partition coefficient (Wildman–Crippen LogP) is 1.38. The molecule has 112 valence electrons. The van der Waals surface area contributed by atoms with Crippen molar-refractivity contribution in [3.8, 4) is 0 Å².